The highest BCUT2D eigenvalue weighted by Gasteiger charge is 2.06. The third kappa shape index (κ3) is 19.4. The van der Waals surface area contributed by atoms with E-state index in [-0.39, 0.29) is 0 Å². The first kappa shape index (κ1) is 26.8. The third-order valence-electron chi connectivity index (χ3n) is 4.79. The maximum absolute atomic E-state index is 5.83. The lowest BCUT2D eigenvalue weighted by Gasteiger charge is -2.22. The van der Waals surface area contributed by atoms with E-state index in [0.717, 1.165) is 32.8 Å². The Morgan fingerprint density at radius 2 is 1.00 bits per heavy atom. The van der Waals surface area contributed by atoms with E-state index in [0.29, 0.717) is 66.1 Å². The molecule has 1 aliphatic rings. The zero-order chi connectivity index (χ0) is 20.7. The highest BCUT2D eigenvalue weighted by Crippen LogP contribution is 2.05. The molecule has 1 saturated heterocycles. The van der Waals surface area contributed by atoms with Crippen molar-refractivity contribution < 1.29 is 28.4 Å². The Balaban J connectivity index is 2.13. The van der Waals surface area contributed by atoms with E-state index in [1.54, 1.807) is 0 Å². The molecule has 0 aromatic carbocycles. The summed E-state index contributed by atoms with van der Waals surface area (Å²) in [5, 5.41) is 0. The van der Waals surface area contributed by atoms with Crippen LogP contribution in [-0.4, -0.2) is 104 Å². The van der Waals surface area contributed by atoms with Gasteiger partial charge in [-0.25, -0.2) is 0 Å². The molecule has 0 aliphatic carbocycles. The van der Waals surface area contributed by atoms with Gasteiger partial charge in [0.2, 0.25) is 0 Å². The van der Waals surface area contributed by atoms with Crippen molar-refractivity contribution in [3.8, 4) is 0 Å². The Kier molecular flexibility index (Phi) is 20.7. The van der Waals surface area contributed by atoms with Crippen molar-refractivity contribution in [2.75, 3.05) is 98.9 Å². The zero-order valence-corrected chi connectivity index (χ0v) is 18.7. The molecule has 0 radical (unpaired) electrons. The topological polar surface area (TPSA) is 58.6 Å². The first-order chi connectivity index (χ1) is 14.4. The second-order valence-electron chi connectivity index (χ2n) is 7.28. The molecule has 0 unspecified atom stereocenters. The molecule has 0 atom stereocenters. The summed E-state index contributed by atoms with van der Waals surface area (Å²) in [5.41, 5.74) is 0. The lowest BCUT2D eigenvalue weighted by molar-refractivity contribution is -0.0200. The van der Waals surface area contributed by atoms with E-state index in [9.17, 15) is 0 Å². The van der Waals surface area contributed by atoms with Gasteiger partial charge >= 0.3 is 0 Å². The first-order valence-electron chi connectivity index (χ1n) is 11.6. The molecule has 1 rings (SSSR count). The average molecular weight is 420 g/mol. The predicted octanol–water partition coefficient (Wildman–Crippen LogP) is 2.76. The lowest BCUT2D eigenvalue weighted by Crippen LogP contribution is -2.34. The molecule has 0 amide bonds. The summed E-state index contributed by atoms with van der Waals surface area (Å²) in [7, 11) is 0. The molecule has 0 spiro atoms. The number of rotatable bonds is 10. The zero-order valence-electron chi connectivity index (χ0n) is 18.7. The van der Waals surface area contributed by atoms with Gasteiger partial charge in [-0.3, -0.25) is 4.90 Å². The Labute approximate surface area is 178 Å². The minimum Gasteiger partial charge on any atom is -0.380 e. The van der Waals surface area contributed by atoms with Crippen LogP contribution in [0.15, 0.2) is 0 Å². The molecule has 29 heavy (non-hydrogen) atoms. The smallest absolute Gasteiger partial charge is 0.0701 e. The molecule has 7 heteroatoms. The summed E-state index contributed by atoms with van der Waals surface area (Å²) in [5.74, 6) is 0. The van der Waals surface area contributed by atoms with Crippen molar-refractivity contribution in [1.82, 2.24) is 4.90 Å². The Bertz CT molecular complexity index is 304. The molecule has 0 N–H and O–H groups in total. The van der Waals surface area contributed by atoms with Gasteiger partial charge in [0.15, 0.2) is 0 Å². The molecule has 0 aromatic heterocycles. The Morgan fingerprint density at radius 3 is 1.52 bits per heavy atom. The fourth-order valence-corrected chi connectivity index (χ4v) is 2.98. The Morgan fingerprint density at radius 1 is 0.552 bits per heavy atom. The monoisotopic (exact) mass is 419 g/mol. The van der Waals surface area contributed by atoms with E-state index in [1.807, 2.05) is 0 Å². The second-order valence-corrected chi connectivity index (χ2v) is 7.28. The van der Waals surface area contributed by atoms with Crippen LogP contribution in [0.3, 0.4) is 0 Å². The van der Waals surface area contributed by atoms with Crippen molar-refractivity contribution >= 4 is 0 Å². The number of ether oxygens (including phenoxy) is 6. The number of nitrogens with zero attached hydrogens (tertiary/aromatic N) is 1. The fourth-order valence-electron chi connectivity index (χ4n) is 2.98. The normalized spacial score (nSPS) is 20.2. The lowest BCUT2D eigenvalue weighted by atomic mass is 10.1. The molecule has 0 bridgehead atoms. The van der Waals surface area contributed by atoms with Gasteiger partial charge in [0.05, 0.1) is 72.7 Å². The van der Waals surface area contributed by atoms with E-state index >= 15 is 0 Å². The van der Waals surface area contributed by atoms with E-state index in [4.69, 9.17) is 28.4 Å². The molecule has 1 aliphatic heterocycles. The maximum Gasteiger partial charge on any atom is 0.0701 e. The van der Waals surface area contributed by atoms with Crippen LogP contribution in [0.4, 0.5) is 0 Å². The molecule has 174 valence electrons. The summed E-state index contributed by atoms with van der Waals surface area (Å²) < 4.78 is 33.6. The van der Waals surface area contributed by atoms with Crippen LogP contribution in [0.2, 0.25) is 0 Å². The molecule has 1 heterocycles. The van der Waals surface area contributed by atoms with E-state index in [1.165, 1.54) is 38.5 Å². The van der Waals surface area contributed by atoms with Gasteiger partial charge in [0.25, 0.3) is 0 Å². The van der Waals surface area contributed by atoms with Gasteiger partial charge in [-0.1, -0.05) is 39.0 Å². The van der Waals surface area contributed by atoms with Crippen molar-refractivity contribution in [3.63, 3.8) is 0 Å². The van der Waals surface area contributed by atoms with Gasteiger partial charge in [-0.15, -0.1) is 0 Å². The molecule has 0 saturated carbocycles. The van der Waals surface area contributed by atoms with Crippen molar-refractivity contribution in [2.45, 2.75) is 45.4 Å². The quantitative estimate of drug-likeness (QED) is 0.505. The summed E-state index contributed by atoms with van der Waals surface area (Å²) >= 11 is 0. The van der Waals surface area contributed by atoms with E-state index < -0.39 is 0 Å². The average Bonchev–Trinajstić information content (AvgIpc) is 2.73. The Hall–Kier alpha value is -0.280. The molecule has 1 fully saturated rings. The van der Waals surface area contributed by atoms with Gasteiger partial charge in [0, 0.05) is 26.2 Å². The first-order valence-corrected chi connectivity index (χ1v) is 11.6. The van der Waals surface area contributed by atoms with Crippen LogP contribution in [0.25, 0.3) is 0 Å². The molecule has 7 nitrogen and oxygen atoms in total. The molecular weight excluding hydrogens is 374 g/mol. The molecular formula is C22H45NO6. The second kappa shape index (κ2) is 22.4. The minimum atomic E-state index is 0.590. The largest absolute Gasteiger partial charge is 0.380 e. The fraction of sp³-hybridized carbons (Fsp3) is 1.00. The maximum atomic E-state index is 5.83. The number of unbranched alkanes of at least 4 members (excludes halogenated alkanes) is 5. The highest BCUT2D eigenvalue weighted by atomic mass is 16.6. The number of hydrogen-bond acceptors (Lipinski definition) is 7. The van der Waals surface area contributed by atoms with Crippen LogP contribution in [0.1, 0.15) is 45.4 Å². The summed E-state index contributed by atoms with van der Waals surface area (Å²) in [6.45, 7) is 12.7. The predicted molar refractivity (Wildman–Crippen MR) is 115 cm³/mol. The highest BCUT2D eigenvalue weighted by molar-refractivity contribution is 4.57. The standard InChI is InChI=1S/C22H45NO6/c1-2-3-4-5-6-7-11-24-12-8-23-9-13-25-15-17-27-19-21-29-22-20-28-18-16-26-14-10-23/h2-22H2,1H3. The van der Waals surface area contributed by atoms with Crippen LogP contribution in [0.5, 0.6) is 0 Å². The van der Waals surface area contributed by atoms with Gasteiger partial charge in [-0.2, -0.15) is 0 Å². The van der Waals surface area contributed by atoms with Gasteiger partial charge in [-0.05, 0) is 6.42 Å². The van der Waals surface area contributed by atoms with Crippen molar-refractivity contribution in [2.24, 2.45) is 0 Å². The summed E-state index contributed by atoms with van der Waals surface area (Å²) in [6, 6.07) is 0. The van der Waals surface area contributed by atoms with Crippen LogP contribution in [-0.2, 0) is 28.4 Å². The molecule has 0 aromatic rings. The SMILES string of the molecule is CCCCCCCCOCCN1CCOCCOCCOCCOCCOCC1. The van der Waals surface area contributed by atoms with Crippen LogP contribution in [0, 0.1) is 0 Å². The third-order valence-corrected chi connectivity index (χ3v) is 4.79. The van der Waals surface area contributed by atoms with E-state index in [2.05, 4.69) is 11.8 Å². The minimum absolute atomic E-state index is 0.590. The van der Waals surface area contributed by atoms with Crippen molar-refractivity contribution in [3.05, 3.63) is 0 Å². The van der Waals surface area contributed by atoms with Gasteiger partial charge < -0.3 is 28.4 Å². The van der Waals surface area contributed by atoms with Crippen LogP contribution >= 0.6 is 0 Å². The summed E-state index contributed by atoms with van der Waals surface area (Å²) in [4.78, 5) is 2.35. The number of hydrogen-bond donors (Lipinski definition) is 0. The van der Waals surface area contributed by atoms with Gasteiger partial charge in [0.1, 0.15) is 0 Å². The van der Waals surface area contributed by atoms with Crippen LogP contribution < -0.4 is 0 Å². The van der Waals surface area contributed by atoms with Crippen molar-refractivity contribution in [1.29, 1.82) is 0 Å². The summed E-state index contributed by atoms with van der Waals surface area (Å²) in [6.07, 6.45) is 7.79.